The molecular formula is C16H15ClN6. The van der Waals surface area contributed by atoms with Crippen LogP contribution in [0.1, 0.15) is 12.8 Å². The molecule has 116 valence electrons. The van der Waals surface area contributed by atoms with Crippen molar-refractivity contribution < 1.29 is 0 Å². The minimum absolute atomic E-state index is 0.543. The van der Waals surface area contributed by atoms with Gasteiger partial charge in [0.1, 0.15) is 18.0 Å². The van der Waals surface area contributed by atoms with Crippen molar-refractivity contribution in [3.05, 3.63) is 54.1 Å². The molecule has 1 aliphatic carbocycles. The first kappa shape index (κ1) is 14.0. The zero-order valence-corrected chi connectivity index (χ0v) is 13.0. The van der Waals surface area contributed by atoms with E-state index in [1.807, 2.05) is 41.1 Å². The van der Waals surface area contributed by atoms with Gasteiger partial charge < -0.3 is 10.6 Å². The number of hydrogen-bond acceptors (Lipinski definition) is 5. The molecule has 0 aliphatic heterocycles. The average molecular weight is 327 g/mol. The fourth-order valence-corrected chi connectivity index (χ4v) is 2.44. The van der Waals surface area contributed by atoms with Crippen LogP contribution in [0.15, 0.2) is 49.1 Å². The number of imidazole rings is 1. The number of nitrogens with zero attached hydrogens (tertiary/aromatic N) is 4. The Morgan fingerprint density at radius 1 is 1.13 bits per heavy atom. The van der Waals surface area contributed by atoms with Crippen LogP contribution in [0.3, 0.4) is 0 Å². The predicted molar refractivity (Wildman–Crippen MR) is 90.5 cm³/mol. The molecule has 0 amide bonds. The zero-order chi connectivity index (χ0) is 15.6. The summed E-state index contributed by atoms with van der Waals surface area (Å²) in [6.45, 7) is 0. The molecule has 1 aliphatic rings. The minimum atomic E-state index is 0.543. The Bertz CT molecular complexity index is 827. The molecule has 2 aromatic heterocycles. The second kappa shape index (κ2) is 5.89. The van der Waals surface area contributed by atoms with E-state index in [9.17, 15) is 0 Å². The molecule has 23 heavy (non-hydrogen) atoms. The molecule has 0 atom stereocenters. The summed E-state index contributed by atoms with van der Waals surface area (Å²) in [4.78, 5) is 12.9. The third-order valence-electron chi connectivity index (χ3n) is 3.59. The predicted octanol–water partition coefficient (Wildman–Crippen LogP) is 3.63. The van der Waals surface area contributed by atoms with Crippen molar-refractivity contribution >= 4 is 29.1 Å². The summed E-state index contributed by atoms with van der Waals surface area (Å²) >= 11 is 6.19. The summed E-state index contributed by atoms with van der Waals surface area (Å²) in [7, 11) is 0. The number of nitrogens with one attached hydrogen (secondary N) is 2. The van der Waals surface area contributed by atoms with E-state index >= 15 is 0 Å². The van der Waals surface area contributed by atoms with Crippen LogP contribution < -0.4 is 10.6 Å². The minimum Gasteiger partial charge on any atom is -0.367 e. The molecule has 3 aromatic rings. The van der Waals surface area contributed by atoms with Gasteiger partial charge in [0.2, 0.25) is 5.95 Å². The largest absolute Gasteiger partial charge is 0.367 e. The van der Waals surface area contributed by atoms with Gasteiger partial charge >= 0.3 is 0 Å². The van der Waals surface area contributed by atoms with Gasteiger partial charge in [-0.3, -0.25) is 4.57 Å². The van der Waals surface area contributed by atoms with Gasteiger partial charge in [-0.15, -0.1) is 0 Å². The van der Waals surface area contributed by atoms with Crippen LogP contribution in [0, 0.1) is 0 Å². The highest BCUT2D eigenvalue weighted by Crippen LogP contribution is 2.26. The molecule has 2 heterocycles. The molecule has 0 spiro atoms. The molecule has 0 unspecified atom stereocenters. The lowest BCUT2D eigenvalue weighted by atomic mass is 10.3. The van der Waals surface area contributed by atoms with E-state index in [1.54, 1.807) is 12.5 Å². The van der Waals surface area contributed by atoms with Crippen LogP contribution in [0.2, 0.25) is 5.02 Å². The molecule has 0 radical (unpaired) electrons. The van der Waals surface area contributed by atoms with Crippen LogP contribution in [0.25, 0.3) is 5.82 Å². The van der Waals surface area contributed by atoms with Crippen molar-refractivity contribution in [2.24, 2.45) is 0 Å². The number of hydrogen-bond donors (Lipinski definition) is 2. The highest BCUT2D eigenvalue weighted by atomic mass is 35.5. The van der Waals surface area contributed by atoms with E-state index in [2.05, 4.69) is 25.6 Å². The maximum atomic E-state index is 6.19. The molecule has 0 bridgehead atoms. The number of anilines is 3. The van der Waals surface area contributed by atoms with Crippen molar-refractivity contribution in [3.63, 3.8) is 0 Å². The molecule has 0 saturated heterocycles. The van der Waals surface area contributed by atoms with Crippen molar-refractivity contribution in [2.45, 2.75) is 18.9 Å². The maximum Gasteiger partial charge on any atom is 0.213 e. The van der Waals surface area contributed by atoms with Crippen LogP contribution in [-0.2, 0) is 0 Å². The normalized spacial score (nSPS) is 13.8. The molecular weight excluding hydrogens is 312 g/mol. The topological polar surface area (TPSA) is 67.7 Å². The monoisotopic (exact) mass is 326 g/mol. The second-order valence-electron chi connectivity index (χ2n) is 5.41. The Morgan fingerprint density at radius 3 is 2.83 bits per heavy atom. The quantitative estimate of drug-likeness (QED) is 0.749. The van der Waals surface area contributed by atoms with Gasteiger partial charge in [0, 0.05) is 24.5 Å². The van der Waals surface area contributed by atoms with Crippen molar-refractivity contribution in [1.29, 1.82) is 0 Å². The van der Waals surface area contributed by atoms with E-state index in [0.717, 1.165) is 17.3 Å². The average Bonchev–Trinajstić information content (AvgIpc) is 3.25. The Morgan fingerprint density at radius 2 is 2.00 bits per heavy atom. The lowest BCUT2D eigenvalue weighted by Crippen LogP contribution is -2.07. The molecule has 7 heteroatoms. The Kier molecular flexibility index (Phi) is 3.59. The number of rotatable bonds is 5. The van der Waals surface area contributed by atoms with Crippen LogP contribution in [0.5, 0.6) is 0 Å². The maximum absolute atomic E-state index is 6.19. The summed E-state index contributed by atoms with van der Waals surface area (Å²) in [6, 6.07) is 10.0. The molecule has 1 saturated carbocycles. The third kappa shape index (κ3) is 3.12. The Labute approximate surface area is 138 Å². The summed E-state index contributed by atoms with van der Waals surface area (Å²) in [5.41, 5.74) is 0.798. The fourth-order valence-electron chi connectivity index (χ4n) is 2.26. The van der Waals surface area contributed by atoms with Crippen molar-refractivity contribution in [2.75, 3.05) is 10.6 Å². The first-order valence-electron chi connectivity index (χ1n) is 7.43. The van der Waals surface area contributed by atoms with Crippen LogP contribution in [-0.4, -0.2) is 25.6 Å². The van der Waals surface area contributed by atoms with Gasteiger partial charge in [0.25, 0.3) is 0 Å². The van der Waals surface area contributed by atoms with Gasteiger partial charge in [0.15, 0.2) is 0 Å². The SMILES string of the molecule is Clc1ccccc1Nc1nccn1-c1cc(NC2CC2)ncn1. The van der Waals surface area contributed by atoms with E-state index in [4.69, 9.17) is 11.6 Å². The molecule has 2 N–H and O–H groups in total. The molecule has 1 fully saturated rings. The Hall–Kier alpha value is -2.60. The van der Waals surface area contributed by atoms with Gasteiger partial charge in [-0.25, -0.2) is 15.0 Å². The summed E-state index contributed by atoms with van der Waals surface area (Å²) in [5.74, 6) is 2.22. The number of para-hydroxylation sites is 1. The van der Waals surface area contributed by atoms with E-state index < -0.39 is 0 Å². The number of benzene rings is 1. The lowest BCUT2D eigenvalue weighted by Gasteiger charge is -2.11. The molecule has 6 nitrogen and oxygen atoms in total. The molecule has 1 aromatic carbocycles. The van der Waals surface area contributed by atoms with E-state index in [0.29, 0.717) is 17.0 Å². The van der Waals surface area contributed by atoms with Crippen molar-refractivity contribution in [1.82, 2.24) is 19.5 Å². The summed E-state index contributed by atoms with van der Waals surface area (Å²) in [5, 5.41) is 7.24. The first-order valence-corrected chi connectivity index (χ1v) is 7.81. The second-order valence-corrected chi connectivity index (χ2v) is 5.81. The van der Waals surface area contributed by atoms with Gasteiger partial charge in [-0.1, -0.05) is 23.7 Å². The van der Waals surface area contributed by atoms with Crippen molar-refractivity contribution in [3.8, 4) is 5.82 Å². The smallest absolute Gasteiger partial charge is 0.213 e. The number of aromatic nitrogens is 4. The third-order valence-corrected chi connectivity index (χ3v) is 3.92. The summed E-state index contributed by atoms with van der Waals surface area (Å²) in [6.07, 6.45) is 7.52. The first-order chi connectivity index (χ1) is 11.3. The van der Waals surface area contributed by atoms with E-state index in [1.165, 1.54) is 12.8 Å². The lowest BCUT2D eigenvalue weighted by molar-refractivity contribution is 0.971. The standard InChI is InChI=1S/C16H15ClN6/c17-12-3-1-2-4-13(12)22-16-18-7-8-23(16)15-9-14(19-10-20-15)21-11-5-6-11/h1-4,7-11H,5-6H2,(H,18,22)(H,19,20,21). The van der Waals surface area contributed by atoms with Crippen LogP contribution in [0.4, 0.5) is 17.5 Å². The molecule has 4 rings (SSSR count). The highest BCUT2D eigenvalue weighted by Gasteiger charge is 2.21. The van der Waals surface area contributed by atoms with Gasteiger partial charge in [-0.05, 0) is 25.0 Å². The Balaban J connectivity index is 1.63. The van der Waals surface area contributed by atoms with Gasteiger partial charge in [-0.2, -0.15) is 0 Å². The van der Waals surface area contributed by atoms with E-state index in [-0.39, 0.29) is 0 Å². The van der Waals surface area contributed by atoms with Gasteiger partial charge in [0.05, 0.1) is 10.7 Å². The van der Waals surface area contributed by atoms with Crippen LogP contribution >= 0.6 is 11.6 Å². The highest BCUT2D eigenvalue weighted by molar-refractivity contribution is 6.33. The zero-order valence-electron chi connectivity index (χ0n) is 12.3. The fraction of sp³-hybridized carbons (Fsp3) is 0.188. The number of halogens is 1. The summed E-state index contributed by atoms with van der Waals surface area (Å²) < 4.78 is 1.86.